The van der Waals surface area contributed by atoms with E-state index in [0.717, 1.165) is 5.69 Å². The first kappa shape index (κ1) is 13.2. The van der Waals surface area contributed by atoms with Gasteiger partial charge in [0.15, 0.2) is 0 Å². The van der Waals surface area contributed by atoms with Crippen LogP contribution >= 0.6 is 0 Å². The van der Waals surface area contributed by atoms with Crippen LogP contribution in [0.2, 0.25) is 0 Å². The van der Waals surface area contributed by atoms with E-state index in [4.69, 9.17) is 4.74 Å². The van der Waals surface area contributed by atoms with Crippen molar-refractivity contribution in [3.63, 3.8) is 0 Å². The molecule has 0 unspecified atom stereocenters. The Hall–Kier alpha value is -2.76. The van der Waals surface area contributed by atoms with Gasteiger partial charge in [0.05, 0.1) is 12.1 Å². The molecular weight excluding hydrogens is 270 g/mol. The number of amides is 1. The maximum Gasteiger partial charge on any atom is 0.255 e. The number of nitrogens with zero attached hydrogens (tertiary/aromatic N) is 1. The maximum absolute atomic E-state index is 11.9. The van der Waals surface area contributed by atoms with Crippen LogP contribution in [-0.4, -0.2) is 23.6 Å². The molecule has 6 nitrogen and oxygen atoms in total. The Morgan fingerprint density at radius 1 is 1.19 bits per heavy atom. The molecule has 0 atom stereocenters. The molecule has 0 bridgehead atoms. The first-order valence-electron chi connectivity index (χ1n) is 6.62. The zero-order valence-corrected chi connectivity index (χ0v) is 11.6. The first-order chi connectivity index (χ1) is 10.1. The number of benzene rings is 1. The molecule has 1 aromatic carbocycles. The molecule has 1 amide bonds. The van der Waals surface area contributed by atoms with E-state index in [1.54, 1.807) is 31.4 Å². The fourth-order valence-electron chi connectivity index (χ4n) is 2.12. The summed E-state index contributed by atoms with van der Waals surface area (Å²) in [5, 5.41) is 5.88. The number of pyridine rings is 1. The highest BCUT2D eigenvalue weighted by atomic mass is 16.5. The highest BCUT2D eigenvalue weighted by Gasteiger charge is 2.16. The molecule has 2 aromatic rings. The predicted octanol–water partition coefficient (Wildman–Crippen LogP) is 1.25. The molecule has 3 rings (SSSR count). The molecule has 108 valence electrons. The van der Waals surface area contributed by atoms with Gasteiger partial charge in [-0.3, -0.25) is 9.59 Å². The minimum absolute atomic E-state index is 0.101. The predicted molar refractivity (Wildman–Crippen MR) is 79.2 cm³/mol. The summed E-state index contributed by atoms with van der Waals surface area (Å²) < 4.78 is 6.98. The third kappa shape index (κ3) is 2.74. The highest BCUT2D eigenvalue weighted by Crippen LogP contribution is 2.25. The molecule has 2 heterocycles. The van der Waals surface area contributed by atoms with Gasteiger partial charge in [-0.1, -0.05) is 0 Å². The number of aryl methyl sites for hydroxylation is 1. The van der Waals surface area contributed by atoms with Gasteiger partial charge in [-0.2, -0.15) is 0 Å². The number of hydrogen-bond donors (Lipinski definition) is 2. The molecule has 0 radical (unpaired) electrons. The number of nitrogens with one attached hydrogen (secondary N) is 2. The smallest absolute Gasteiger partial charge is 0.255 e. The number of carbonyl (C=O) groups excluding carboxylic acids is 1. The second kappa shape index (κ2) is 5.32. The normalized spacial score (nSPS) is 13.7. The lowest BCUT2D eigenvalue weighted by molar-refractivity contribution is 0.0957. The average Bonchev–Trinajstić information content (AvgIpc) is 2.65. The summed E-state index contributed by atoms with van der Waals surface area (Å²) in [7, 11) is 1.69. The third-order valence-corrected chi connectivity index (χ3v) is 3.26. The van der Waals surface area contributed by atoms with Gasteiger partial charge >= 0.3 is 0 Å². The first-order valence-corrected chi connectivity index (χ1v) is 6.62. The fraction of sp³-hybridized carbons (Fsp3) is 0.200. The van der Waals surface area contributed by atoms with Crippen LogP contribution in [0.5, 0.6) is 5.75 Å². The maximum atomic E-state index is 11.9. The molecular formula is C15H15N3O3. The van der Waals surface area contributed by atoms with Crippen molar-refractivity contribution < 1.29 is 9.53 Å². The zero-order valence-electron chi connectivity index (χ0n) is 11.6. The average molecular weight is 285 g/mol. The summed E-state index contributed by atoms with van der Waals surface area (Å²) in [5.41, 5.74) is 1.79. The number of anilines is 2. The Morgan fingerprint density at radius 2 is 2.00 bits per heavy atom. The zero-order chi connectivity index (χ0) is 14.8. The van der Waals surface area contributed by atoms with Crippen LogP contribution in [0, 0.1) is 0 Å². The Labute approximate surface area is 121 Å². The Balaban J connectivity index is 1.91. The number of aromatic nitrogens is 1. The number of carbonyl (C=O) groups is 1. The van der Waals surface area contributed by atoms with Crippen molar-refractivity contribution in [1.29, 1.82) is 0 Å². The molecule has 0 fully saturated rings. The van der Waals surface area contributed by atoms with Gasteiger partial charge in [0, 0.05) is 30.7 Å². The van der Waals surface area contributed by atoms with Crippen LogP contribution in [0.4, 0.5) is 11.4 Å². The summed E-state index contributed by atoms with van der Waals surface area (Å²) in [6.45, 7) is 0.950. The second-order valence-electron chi connectivity index (χ2n) is 4.80. The van der Waals surface area contributed by atoms with Gasteiger partial charge in [0.1, 0.15) is 12.4 Å². The van der Waals surface area contributed by atoms with Crippen molar-refractivity contribution in [2.45, 2.75) is 0 Å². The van der Waals surface area contributed by atoms with Gasteiger partial charge in [0.25, 0.3) is 11.5 Å². The minimum Gasteiger partial charge on any atom is -0.491 e. The van der Waals surface area contributed by atoms with Crippen LogP contribution < -0.4 is 20.9 Å². The topological polar surface area (TPSA) is 72.4 Å². The van der Waals surface area contributed by atoms with Crippen LogP contribution in [0.1, 0.15) is 10.4 Å². The third-order valence-electron chi connectivity index (χ3n) is 3.26. The molecule has 6 heteroatoms. The van der Waals surface area contributed by atoms with Crippen molar-refractivity contribution in [1.82, 2.24) is 9.88 Å². The molecule has 21 heavy (non-hydrogen) atoms. The fourth-order valence-corrected chi connectivity index (χ4v) is 2.12. The minimum atomic E-state index is -0.157. The van der Waals surface area contributed by atoms with Gasteiger partial charge < -0.3 is 19.9 Å². The van der Waals surface area contributed by atoms with E-state index < -0.39 is 0 Å². The Morgan fingerprint density at radius 3 is 2.81 bits per heavy atom. The van der Waals surface area contributed by atoms with Crippen LogP contribution in [0.25, 0.3) is 0 Å². The summed E-state index contributed by atoms with van der Waals surface area (Å²) in [5.74, 6) is 0.412. The van der Waals surface area contributed by atoms with Crippen LogP contribution in [0.3, 0.4) is 0 Å². The summed E-state index contributed by atoms with van der Waals surface area (Å²) >= 11 is 0. The largest absolute Gasteiger partial charge is 0.491 e. The molecule has 1 aliphatic heterocycles. The van der Waals surface area contributed by atoms with Crippen molar-refractivity contribution in [2.75, 3.05) is 18.5 Å². The van der Waals surface area contributed by atoms with Crippen molar-refractivity contribution in [3.05, 3.63) is 52.4 Å². The van der Waals surface area contributed by atoms with E-state index in [2.05, 4.69) is 10.6 Å². The molecule has 1 aliphatic rings. The van der Waals surface area contributed by atoms with Crippen molar-refractivity contribution in [2.24, 2.45) is 7.05 Å². The summed E-state index contributed by atoms with van der Waals surface area (Å²) in [6.07, 6.45) is 1.68. The molecule has 0 aliphatic carbocycles. The quantitative estimate of drug-likeness (QED) is 0.871. The SMILES string of the molecule is Cn1ccc(Nc2ccc3c(c2)C(=O)NCCO3)cc1=O. The number of hydrogen-bond acceptors (Lipinski definition) is 4. The van der Waals surface area contributed by atoms with Gasteiger partial charge in [-0.15, -0.1) is 0 Å². The van der Waals surface area contributed by atoms with Gasteiger partial charge in [-0.05, 0) is 24.3 Å². The monoisotopic (exact) mass is 285 g/mol. The van der Waals surface area contributed by atoms with Crippen LogP contribution in [-0.2, 0) is 7.05 Å². The van der Waals surface area contributed by atoms with E-state index in [0.29, 0.717) is 30.2 Å². The van der Waals surface area contributed by atoms with Crippen molar-refractivity contribution >= 4 is 17.3 Å². The lowest BCUT2D eigenvalue weighted by Gasteiger charge is -2.10. The van der Waals surface area contributed by atoms with E-state index in [1.807, 2.05) is 6.07 Å². The van der Waals surface area contributed by atoms with Crippen LogP contribution in [0.15, 0.2) is 41.3 Å². The van der Waals surface area contributed by atoms with E-state index >= 15 is 0 Å². The molecule has 1 aromatic heterocycles. The lowest BCUT2D eigenvalue weighted by Crippen LogP contribution is -2.24. The molecule has 0 spiro atoms. The lowest BCUT2D eigenvalue weighted by atomic mass is 10.1. The Bertz CT molecular complexity index is 752. The summed E-state index contributed by atoms with van der Waals surface area (Å²) in [6, 6.07) is 8.58. The van der Waals surface area contributed by atoms with Gasteiger partial charge in [-0.25, -0.2) is 0 Å². The summed E-state index contributed by atoms with van der Waals surface area (Å²) in [4.78, 5) is 23.5. The molecule has 0 saturated heterocycles. The second-order valence-corrected chi connectivity index (χ2v) is 4.80. The van der Waals surface area contributed by atoms with Crippen molar-refractivity contribution in [3.8, 4) is 5.75 Å². The van der Waals surface area contributed by atoms with E-state index in [1.165, 1.54) is 10.6 Å². The number of ether oxygens (including phenoxy) is 1. The molecule has 2 N–H and O–H groups in total. The standard InChI is InChI=1S/C15H15N3O3/c1-18-6-4-11(9-14(18)19)17-10-2-3-13-12(8-10)15(20)16-5-7-21-13/h2-4,6,8-9,17H,5,7H2,1H3,(H,16,20). The molecule has 0 saturated carbocycles. The highest BCUT2D eigenvalue weighted by molar-refractivity contribution is 5.98. The number of rotatable bonds is 2. The Kier molecular flexibility index (Phi) is 3.35. The number of fused-ring (bicyclic) bond motifs is 1. The van der Waals surface area contributed by atoms with E-state index in [9.17, 15) is 9.59 Å². The van der Waals surface area contributed by atoms with Gasteiger partial charge in [0.2, 0.25) is 0 Å². The van der Waals surface area contributed by atoms with E-state index in [-0.39, 0.29) is 11.5 Å².